The van der Waals surface area contributed by atoms with Crippen LogP contribution in [0.15, 0.2) is 46.8 Å². The first-order valence-electron chi connectivity index (χ1n) is 7.57. The summed E-state index contributed by atoms with van der Waals surface area (Å²) in [4.78, 5) is 4.11. The molecule has 0 spiro atoms. The number of nitrogens with zero attached hydrogens (tertiary/aromatic N) is 1. The van der Waals surface area contributed by atoms with Crippen LogP contribution >= 0.6 is 22.9 Å². The summed E-state index contributed by atoms with van der Waals surface area (Å²) in [6.07, 6.45) is 0. The normalized spacial score (nSPS) is 12.4. The van der Waals surface area contributed by atoms with Gasteiger partial charge in [-0.1, -0.05) is 36.7 Å². The van der Waals surface area contributed by atoms with E-state index in [1.807, 2.05) is 0 Å². The maximum atomic E-state index is 12.4. The second-order valence-electron chi connectivity index (χ2n) is 5.52. The number of thiazole rings is 1. The number of hydrogen-bond donors (Lipinski definition) is 1. The molecule has 1 N–H and O–H groups in total. The SMILES string of the molecule is CCS(=O)(=O)c1nc2ccc(NS(=O)(=O)Cc3ccccc3Cl)cc2s1. The van der Waals surface area contributed by atoms with E-state index in [2.05, 4.69) is 9.71 Å². The Balaban J connectivity index is 1.87. The third kappa shape index (κ3) is 4.17. The lowest BCUT2D eigenvalue weighted by molar-refractivity contribution is 0.596. The summed E-state index contributed by atoms with van der Waals surface area (Å²) in [5.41, 5.74) is 1.35. The Labute approximate surface area is 160 Å². The van der Waals surface area contributed by atoms with E-state index in [4.69, 9.17) is 11.6 Å². The van der Waals surface area contributed by atoms with E-state index < -0.39 is 19.9 Å². The molecule has 0 bridgehead atoms. The second kappa shape index (κ2) is 7.15. The van der Waals surface area contributed by atoms with E-state index in [9.17, 15) is 16.8 Å². The Hall–Kier alpha value is -1.68. The van der Waals surface area contributed by atoms with Crippen molar-refractivity contribution in [3.63, 3.8) is 0 Å². The summed E-state index contributed by atoms with van der Waals surface area (Å²) < 4.78 is 51.8. The molecular weight excluding hydrogens is 416 g/mol. The average Bonchev–Trinajstić information content (AvgIpc) is 3.00. The lowest BCUT2D eigenvalue weighted by Gasteiger charge is -2.09. The van der Waals surface area contributed by atoms with Gasteiger partial charge in [0.2, 0.25) is 24.2 Å². The van der Waals surface area contributed by atoms with Crippen LogP contribution in [0.25, 0.3) is 10.2 Å². The molecule has 1 heterocycles. The van der Waals surface area contributed by atoms with Crippen molar-refractivity contribution >= 4 is 58.7 Å². The molecule has 138 valence electrons. The monoisotopic (exact) mass is 430 g/mol. The standard InChI is InChI=1S/C16H15ClN2O4S3/c1-2-25(20,21)16-18-14-8-7-12(9-15(14)24-16)19-26(22,23)10-11-5-3-4-6-13(11)17/h3-9,19H,2,10H2,1H3. The highest BCUT2D eigenvalue weighted by Crippen LogP contribution is 2.29. The Morgan fingerprint density at radius 2 is 1.85 bits per heavy atom. The molecule has 0 aliphatic carbocycles. The van der Waals surface area contributed by atoms with Crippen LogP contribution in [-0.2, 0) is 25.6 Å². The first-order chi connectivity index (χ1) is 12.2. The molecule has 0 aliphatic rings. The van der Waals surface area contributed by atoms with Crippen LogP contribution < -0.4 is 4.72 Å². The van der Waals surface area contributed by atoms with E-state index in [1.165, 1.54) is 0 Å². The van der Waals surface area contributed by atoms with E-state index in [0.29, 0.717) is 26.5 Å². The topological polar surface area (TPSA) is 93.2 Å². The van der Waals surface area contributed by atoms with Crippen molar-refractivity contribution in [2.75, 3.05) is 10.5 Å². The van der Waals surface area contributed by atoms with Crippen LogP contribution in [0.3, 0.4) is 0 Å². The van der Waals surface area contributed by atoms with Gasteiger partial charge in [0.1, 0.15) is 0 Å². The Kier molecular flexibility index (Phi) is 5.25. The molecule has 1 aromatic heterocycles. The summed E-state index contributed by atoms with van der Waals surface area (Å²) in [6, 6.07) is 11.4. The summed E-state index contributed by atoms with van der Waals surface area (Å²) in [5.74, 6) is -0.299. The van der Waals surface area contributed by atoms with E-state index >= 15 is 0 Å². The lowest BCUT2D eigenvalue weighted by Crippen LogP contribution is -2.15. The number of benzene rings is 2. The number of rotatable bonds is 6. The predicted octanol–water partition coefficient (Wildman–Crippen LogP) is 3.69. The van der Waals surface area contributed by atoms with Crippen molar-refractivity contribution in [3.05, 3.63) is 53.1 Å². The molecule has 0 amide bonds. The van der Waals surface area contributed by atoms with Crippen LogP contribution in [0.2, 0.25) is 5.02 Å². The van der Waals surface area contributed by atoms with Gasteiger partial charge >= 0.3 is 0 Å². The zero-order chi connectivity index (χ0) is 18.9. The van der Waals surface area contributed by atoms with Gasteiger partial charge in [0, 0.05) is 5.02 Å². The van der Waals surface area contributed by atoms with Crippen molar-refractivity contribution in [1.82, 2.24) is 4.98 Å². The third-order valence-electron chi connectivity index (χ3n) is 3.59. The number of anilines is 1. The molecule has 0 saturated carbocycles. The highest BCUT2D eigenvalue weighted by molar-refractivity contribution is 7.93. The fourth-order valence-corrected chi connectivity index (χ4v) is 6.11. The number of aromatic nitrogens is 1. The highest BCUT2D eigenvalue weighted by atomic mass is 35.5. The summed E-state index contributed by atoms with van der Waals surface area (Å²) in [5, 5.41) is 0.380. The molecule has 2 aromatic carbocycles. The minimum Gasteiger partial charge on any atom is -0.283 e. The molecule has 10 heteroatoms. The van der Waals surface area contributed by atoms with Gasteiger partial charge in [-0.2, -0.15) is 0 Å². The van der Waals surface area contributed by atoms with E-state index in [1.54, 1.807) is 49.4 Å². The van der Waals surface area contributed by atoms with Gasteiger partial charge in [0.15, 0.2) is 0 Å². The summed E-state index contributed by atoms with van der Waals surface area (Å²) in [6.45, 7) is 1.55. The minimum atomic E-state index is -3.67. The van der Waals surface area contributed by atoms with Gasteiger partial charge in [-0.3, -0.25) is 4.72 Å². The Bertz CT molecular complexity index is 1170. The van der Waals surface area contributed by atoms with Gasteiger partial charge < -0.3 is 0 Å². The maximum absolute atomic E-state index is 12.4. The van der Waals surface area contributed by atoms with Gasteiger partial charge in [0.05, 0.1) is 27.4 Å². The molecule has 3 rings (SSSR count). The Morgan fingerprint density at radius 1 is 1.12 bits per heavy atom. The molecule has 0 atom stereocenters. The van der Waals surface area contributed by atoms with Gasteiger partial charge in [-0.05, 0) is 29.8 Å². The Morgan fingerprint density at radius 3 is 2.54 bits per heavy atom. The lowest BCUT2D eigenvalue weighted by atomic mass is 10.2. The van der Waals surface area contributed by atoms with Gasteiger partial charge in [-0.15, -0.1) is 11.3 Å². The molecule has 26 heavy (non-hydrogen) atoms. The zero-order valence-corrected chi connectivity index (χ0v) is 16.8. The fourth-order valence-electron chi connectivity index (χ4n) is 2.26. The molecule has 0 aliphatic heterocycles. The molecular formula is C16H15ClN2O4S3. The van der Waals surface area contributed by atoms with Crippen LogP contribution in [-0.4, -0.2) is 27.6 Å². The minimum absolute atomic E-state index is 0.0334. The maximum Gasteiger partial charge on any atom is 0.236 e. The smallest absolute Gasteiger partial charge is 0.236 e. The zero-order valence-electron chi connectivity index (χ0n) is 13.6. The number of nitrogens with one attached hydrogen (secondary N) is 1. The number of fused-ring (bicyclic) bond motifs is 1. The molecule has 6 nitrogen and oxygen atoms in total. The molecule has 0 radical (unpaired) electrons. The molecule has 3 aromatic rings. The number of hydrogen-bond acceptors (Lipinski definition) is 6. The average molecular weight is 431 g/mol. The molecule has 0 fully saturated rings. The largest absolute Gasteiger partial charge is 0.283 e. The van der Waals surface area contributed by atoms with Crippen LogP contribution in [0.5, 0.6) is 0 Å². The van der Waals surface area contributed by atoms with Crippen molar-refractivity contribution in [3.8, 4) is 0 Å². The van der Waals surface area contributed by atoms with Gasteiger partial charge in [0.25, 0.3) is 0 Å². The second-order valence-corrected chi connectivity index (χ2v) is 11.1. The fraction of sp³-hybridized carbons (Fsp3) is 0.188. The summed E-state index contributed by atoms with van der Waals surface area (Å²) >= 11 is 7.04. The summed E-state index contributed by atoms with van der Waals surface area (Å²) in [7, 11) is -7.07. The van der Waals surface area contributed by atoms with Crippen LogP contribution in [0, 0.1) is 0 Å². The number of sulfonamides is 1. The van der Waals surface area contributed by atoms with Crippen LogP contribution in [0.4, 0.5) is 5.69 Å². The quantitative estimate of drug-likeness (QED) is 0.643. The van der Waals surface area contributed by atoms with E-state index in [0.717, 1.165) is 11.3 Å². The van der Waals surface area contributed by atoms with Crippen molar-refractivity contribution in [2.24, 2.45) is 0 Å². The highest BCUT2D eigenvalue weighted by Gasteiger charge is 2.18. The van der Waals surface area contributed by atoms with Crippen LogP contribution in [0.1, 0.15) is 12.5 Å². The first kappa shape index (κ1) is 19.1. The van der Waals surface area contributed by atoms with E-state index in [-0.39, 0.29) is 15.8 Å². The van der Waals surface area contributed by atoms with Gasteiger partial charge in [-0.25, -0.2) is 21.8 Å². The third-order valence-corrected chi connectivity index (χ3v) is 8.41. The number of halogens is 1. The van der Waals surface area contributed by atoms with Crippen molar-refractivity contribution < 1.29 is 16.8 Å². The van der Waals surface area contributed by atoms with Crippen molar-refractivity contribution in [1.29, 1.82) is 0 Å². The van der Waals surface area contributed by atoms with Crippen molar-refractivity contribution in [2.45, 2.75) is 17.0 Å². The molecule has 0 unspecified atom stereocenters. The predicted molar refractivity (Wildman–Crippen MR) is 105 cm³/mol. The number of sulfone groups is 1. The first-order valence-corrected chi connectivity index (χ1v) is 12.1. The molecule has 0 saturated heterocycles.